The fourth-order valence-corrected chi connectivity index (χ4v) is 18.2. The van der Waals surface area contributed by atoms with Gasteiger partial charge in [-0.05, 0) is 0 Å². The molecule has 0 N–H and O–H groups in total. The molecule has 0 aliphatic carbocycles. The summed E-state index contributed by atoms with van der Waals surface area (Å²) >= 11 is 3.90. The van der Waals surface area contributed by atoms with Crippen molar-refractivity contribution in [3.05, 3.63) is 11.6 Å². The van der Waals surface area contributed by atoms with Gasteiger partial charge in [-0.1, -0.05) is 0 Å². The third kappa shape index (κ3) is 8.53. The van der Waals surface area contributed by atoms with Gasteiger partial charge in [0, 0.05) is 0 Å². The standard InChI is InChI=1S/3C4H9.C3H4Cl.Sn/c3*1-3-4-2;1-2-3-4;/h3*1,3-4H2,2H3;2-3H,1H2;/b;;;3-2-;. The van der Waals surface area contributed by atoms with E-state index in [1.807, 2.05) is 0 Å². The average Bonchev–Trinajstić information content (AvgIpc) is 2.37. The number of unbranched alkanes of at least 4 members (excludes halogenated alkanes) is 3. The van der Waals surface area contributed by atoms with E-state index in [9.17, 15) is 0 Å². The molecule has 2 heteroatoms. The molecule has 0 bridgehead atoms. The van der Waals surface area contributed by atoms with E-state index < -0.39 is 18.4 Å². The summed E-state index contributed by atoms with van der Waals surface area (Å²) in [6.07, 6.45) is 10.7. The summed E-state index contributed by atoms with van der Waals surface area (Å²) in [5.41, 5.74) is 1.76. The zero-order valence-corrected chi connectivity index (χ0v) is 15.7. The molecule has 0 nitrogen and oxygen atoms in total. The van der Waals surface area contributed by atoms with Gasteiger partial charge in [0.2, 0.25) is 0 Å². The minimum atomic E-state index is -1.86. The SMILES string of the molecule is CCC[CH2][Sn]([CH2]/C=C\Cl)([CH2]CCC)[CH2]CCC. The number of allylic oxidation sites excluding steroid dienone is 1. The summed E-state index contributed by atoms with van der Waals surface area (Å²) in [4.78, 5) is 0. The zero-order chi connectivity index (χ0) is 13.0. The molecule has 0 radical (unpaired) electrons. The molecule has 0 amide bonds. The maximum absolute atomic E-state index is 5.76. The molecule has 0 heterocycles. The van der Waals surface area contributed by atoms with Crippen LogP contribution in [0.5, 0.6) is 0 Å². The van der Waals surface area contributed by atoms with Crippen molar-refractivity contribution in [3.63, 3.8) is 0 Å². The molecule has 0 rings (SSSR count). The number of rotatable bonds is 11. The molecular formula is C15H31ClSn. The predicted octanol–water partition coefficient (Wildman–Crippen LogP) is 6.59. The molecule has 0 aliphatic heterocycles. The summed E-state index contributed by atoms with van der Waals surface area (Å²) in [6.45, 7) is 6.98. The summed E-state index contributed by atoms with van der Waals surface area (Å²) in [6, 6.07) is 0. The van der Waals surface area contributed by atoms with Gasteiger partial charge in [-0.15, -0.1) is 0 Å². The number of hydrogen-bond donors (Lipinski definition) is 0. The second-order valence-corrected chi connectivity index (χ2v) is 19.6. The van der Waals surface area contributed by atoms with Crippen LogP contribution in [0.4, 0.5) is 0 Å². The van der Waals surface area contributed by atoms with Crippen molar-refractivity contribution in [1.29, 1.82) is 0 Å². The van der Waals surface area contributed by atoms with E-state index in [4.69, 9.17) is 11.6 Å². The first-order valence-electron chi connectivity index (χ1n) is 7.50. The Balaban J connectivity index is 4.50. The summed E-state index contributed by atoms with van der Waals surface area (Å²) in [5.74, 6) is 0. The topological polar surface area (TPSA) is 0 Å². The van der Waals surface area contributed by atoms with E-state index in [-0.39, 0.29) is 0 Å². The Labute approximate surface area is 118 Å². The molecule has 0 fully saturated rings. The molecule has 0 aromatic heterocycles. The van der Waals surface area contributed by atoms with Crippen LogP contribution in [0, 0.1) is 0 Å². The van der Waals surface area contributed by atoms with E-state index in [1.165, 1.54) is 43.0 Å². The zero-order valence-electron chi connectivity index (χ0n) is 12.1. The van der Waals surface area contributed by atoms with Gasteiger partial charge < -0.3 is 0 Å². The molecule has 0 spiro atoms. The third-order valence-corrected chi connectivity index (χ3v) is 19.3. The molecule has 0 aromatic rings. The predicted molar refractivity (Wildman–Crippen MR) is 84.7 cm³/mol. The van der Waals surface area contributed by atoms with Crippen molar-refractivity contribution in [2.75, 3.05) is 0 Å². The Hall–Kier alpha value is 0.829. The van der Waals surface area contributed by atoms with Crippen molar-refractivity contribution in [3.8, 4) is 0 Å². The molecule has 0 unspecified atom stereocenters. The van der Waals surface area contributed by atoms with Gasteiger partial charge in [-0.25, -0.2) is 0 Å². The molecule has 0 aromatic carbocycles. The molecule has 0 atom stereocenters. The van der Waals surface area contributed by atoms with E-state index in [0.717, 1.165) is 0 Å². The van der Waals surface area contributed by atoms with Crippen LogP contribution in [0.2, 0.25) is 17.7 Å². The van der Waals surface area contributed by atoms with Crippen LogP contribution in [0.15, 0.2) is 11.6 Å². The molecule has 17 heavy (non-hydrogen) atoms. The van der Waals surface area contributed by atoms with Gasteiger partial charge in [0.25, 0.3) is 0 Å². The van der Waals surface area contributed by atoms with Crippen LogP contribution in [-0.2, 0) is 0 Å². The van der Waals surface area contributed by atoms with E-state index >= 15 is 0 Å². The molecule has 102 valence electrons. The van der Waals surface area contributed by atoms with E-state index in [0.29, 0.717) is 0 Å². The van der Waals surface area contributed by atoms with Crippen LogP contribution in [0.3, 0.4) is 0 Å². The van der Waals surface area contributed by atoms with Crippen LogP contribution >= 0.6 is 11.6 Å². The molecule has 0 saturated carbocycles. The van der Waals surface area contributed by atoms with Gasteiger partial charge in [0.15, 0.2) is 0 Å². The Bertz CT molecular complexity index is 168. The van der Waals surface area contributed by atoms with Crippen molar-refractivity contribution in [2.24, 2.45) is 0 Å². The normalized spacial score (nSPS) is 12.5. The van der Waals surface area contributed by atoms with Gasteiger partial charge >= 0.3 is 119 Å². The Morgan fingerprint density at radius 2 is 1.24 bits per heavy atom. The Morgan fingerprint density at radius 3 is 1.53 bits per heavy atom. The number of halogens is 1. The third-order valence-electron chi connectivity index (χ3n) is 3.82. The van der Waals surface area contributed by atoms with Gasteiger partial charge in [0.1, 0.15) is 0 Å². The fraction of sp³-hybridized carbons (Fsp3) is 0.867. The quantitative estimate of drug-likeness (QED) is 0.362. The number of hydrogen-bond acceptors (Lipinski definition) is 0. The van der Waals surface area contributed by atoms with Crippen molar-refractivity contribution in [2.45, 2.75) is 77.0 Å². The second kappa shape index (κ2) is 11.9. The van der Waals surface area contributed by atoms with Crippen molar-refractivity contribution in [1.82, 2.24) is 0 Å². The van der Waals surface area contributed by atoms with Crippen LogP contribution in [0.1, 0.15) is 59.3 Å². The van der Waals surface area contributed by atoms with Gasteiger partial charge in [0.05, 0.1) is 0 Å². The first kappa shape index (κ1) is 17.8. The fourth-order valence-electron chi connectivity index (χ4n) is 2.63. The summed E-state index contributed by atoms with van der Waals surface area (Å²) in [7, 11) is 0. The van der Waals surface area contributed by atoms with Crippen LogP contribution in [0.25, 0.3) is 0 Å². The second-order valence-electron chi connectivity index (χ2n) is 5.38. The van der Waals surface area contributed by atoms with Crippen molar-refractivity contribution < 1.29 is 0 Å². The average molecular weight is 366 g/mol. The van der Waals surface area contributed by atoms with Gasteiger partial charge in [-0.2, -0.15) is 0 Å². The molecule has 0 saturated heterocycles. The van der Waals surface area contributed by atoms with Gasteiger partial charge in [-0.3, -0.25) is 0 Å². The summed E-state index contributed by atoms with van der Waals surface area (Å²) in [5, 5.41) is 0. The van der Waals surface area contributed by atoms with E-state index in [2.05, 4.69) is 26.8 Å². The monoisotopic (exact) mass is 366 g/mol. The Morgan fingerprint density at radius 1 is 0.824 bits per heavy atom. The van der Waals surface area contributed by atoms with Crippen molar-refractivity contribution >= 4 is 30.0 Å². The minimum absolute atomic E-state index is 1.36. The van der Waals surface area contributed by atoms with Crippen LogP contribution in [-0.4, -0.2) is 18.4 Å². The van der Waals surface area contributed by atoms with E-state index in [1.54, 1.807) is 18.8 Å². The molecule has 0 aliphatic rings. The Kier molecular flexibility index (Phi) is 12.5. The van der Waals surface area contributed by atoms with Crippen LogP contribution < -0.4 is 0 Å². The maximum atomic E-state index is 5.76. The summed E-state index contributed by atoms with van der Waals surface area (Å²) < 4.78 is 6.16. The molecular weight excluding hydrogens is 334 g/mol. The first-order chi connectivity index (χ1) is 8.24. The first-order valence-corrected chi connectivity index (χ1v) is 16.0.